The van der Waals surface area contributed by atoms with Crippen molar-refractivity contribution in [3.05, 3.63) is 36.0 Å². The van der Waals surface area contributed by atoms with E-state index in [1.807, 2.05) is 25.1 Å². The summed E-state index contributed by atoms with van der Waals surface area (Å²) in [5.41, 5.74) is 0. The van der Waals surface area contributed by atoms with Crippen LogP contribution in [0, 0.1) is 5.92 Å². The van der Waals surface area contributed by atoms with E-state index < -0.39 is 0 Å². The summed E-state index contributed by atoms with van der Waals surface area (Å²) in [5, 5.41) is 12.4. The molecule has 0 radical (unpaired) electrons. The molecule has 0 aliphatic carbocycles. The molecule has 0 saturated carbocycles. The van der Waals surface area contributed by atoms with Crippen molar-refractivity contribution in [3.8, 4) is 0 Å². The van der Waals surface area contributed by atoms with Gasteiger partial charge < -0.3 is 9.88 Å². The molecule has 2 aromatic heterocycles. The minimum absolute atomic E-state index is 0.000278. The number of carbonyl (C=O) groups is 1. The highest BCUT2D eigenvalue weighted by Crippen LogP contribution is 2.26. The second kappa shape index (κ2) is 7.34. The summed E-state index contributed by atoms with van der Waals surface area (Å²) < 4.78 is 2.15. The largest absolute Gasteiger partial charge is 0.345 e. The summed E-state index contributed by atoms with van der Waals surface area (Å²) in [6, 6.07) is 5.59. The Balaban J connectivity index is 1.70. The summed E-state index contributed by atoms with van der Waals surface area (Å²) in [5.74, 6) is 2.15. The first kappa shape index (κ1) is 17.0. The Morgan fingerprint density at radius 1 is 1.29 bits per heavy atom. The number of aryl methyl sites for hydroxylation is 1. The average Bonchev–Trinajstić information content (AvgIpc) is 3.16. The summed E-state index contributed by atoms with van der Waals surface area (Å²) in [6.45, 7) is 7.03. The number of thioether (sulfide) groups is 1. The number of hydrogen-bond donors (Lipinski definition) is 1. The van der Waals surface area contributed by atoms with Crippen LogP contribution < -0.4 is 5.32 Å². The van der Waals surface area contributed by atoms with E-state index in [1.165, 1.54) is 11.8 Å². The van der Waals surface area contributed by atoms with Gasteiger partial charge in [0.15, 0.2) is 5.82 Å². The molecule has 0 fully saturated rings. The van der Waals surface area contributed by atoms with Gasteiger partial charge in [-0.15, -0.1) is 10.2 Å². The molecule has 7 heteroatoms. The van der Waals surface area contributed by atoms with Crippen molar-refractivity contribution in [2.45, 2.75) is 56.5 Å². The summed E-state index contributed by atoms with van der Waals surface area (Å²) in [6.07, 6.45) is 3.81. The van der Waals surface area contributed by atoms with Gasteiger partial charge in [0.25, 0.3) is 0 Å². The van der Waals surface area contributed by atoms with E-state index in [9.17, 15) is 4.79 Å². The van der Waals surface area contributed by atoms with Gasteiger partial charge in [-0.3, -0.25) is 4.79 Å². The molecule has 2 aromatic rings. The van der Waals surface area contributed by atoms with E-state index in [1.54, 1.807) is 6.20 Å². The minimum atomic E-state index is -0.220. The predicted molar refractivity (Wildman–Crippen MR) is 93.6 cm³/mol. The third kappa shape index (κ3) is 3.61. The maximum absolute atomic E-state index is 12.6. The fourth-order valence-corrected chi connectivity index (χ4v) is 3.67. The summed E-state index contributed by atoms with van der Waals surface area (Å²) >= 11 is 1.46. The molecule has 1 N–H and O–H groups in total. The molecule has 24 heavy (non-hydrogen) atoms. The number of carbonyl (C=O) groups excluding carboxylic acids is 1. The maximum atomic E-state index is 12.6. The number of amides is 1. The lowest BCUT2D eigenvalue weighted by molar-refractivity contribution is -0.121. The standard InChI is InChI=1S/C17H23N5OS/c1-11(2)15(16-21-20-13-7-6-10-22(13)16)19-17(23)12(3)24-14-8-4-5-9-18-14/h4-5,8-9,11-12,15H,6-7,10H2,1-3H3,(H,19,23)/t12-,15-/m0/s1. The van der Waals surface area contributed by atoms with Gasteiger partial charge in [-0.05, 0) is 31.4 Å². The number of aromatic nitrogens is 4. The molecule has 1 aliphatic heterocycles. The van der Waals surface area contributed by atoms with Crippen LogP contribution in [0.15, 0.2) is 29.4 Å². The Kier molecular flexibility index (Phi) is 5.18. The van der Waals surface area contributed by atoms with Gasteiger partial charge >= 0.3 is 0 Å². The van der Waals surface area contributed by atoms with E-state index in [-0.39, 0.29) is 23.1 Å². The first-order chi connectivity index (χ1) is 11.6. The summed E-state index contributed by atoms with van der Waals surface area (Å²) in [7, 11) is 0. The van der Waals surface area contributed by atoms with E-state index in [2.05, 4.69) is 38.9 Å². The lowest BCUT2D eigenvalue weighted by Gasteiger charge is -2.23. The molecule has 0 unspecified atom stereocenters. The predicted octanol–water partition coefficient (Wildman–Crippen LogP) is 2.61. The van der Waals surface area contributed by atoms with Crippen LogP contribution in [0.5, 0.6) is 0 Å². The molecule has 0 bridgehead atoms. The molecule has 128 valence electrons. The maximum Gasteiger partial charge on any atom is 0.233 e. The number of fused-ring (bicyclic) bond motifs is 1. The Morgan fingerprint density at radius 2 is 2.12 bits per heavy atom. The van der Waals surface area contributed by atoms with Crippen LogP contribution in [0.3, 0.4) is 0 Å². The highest BCUT2D eigenvalue weighted by Gasteiger charge is 2.29. The third-order valence-electron chi connectivity index (χ3n) is 4.19. The van der Waals surface area contributed by atoms with E-state index in [4.69, 9.17) is 0 Å². The van der Waals surface area contributed by atoms with Crippen molar-refractivity contribution in [1.82, 2.24) is 25.1 Å². The van der Waals surface area contributed by atoms with Crippen LogP contribution in [-0.4, -0.2) is 30.9 Å². The zero-order chi connectivity index (χ0) is 17.1. The highest BCUT2D eigenvalue weighted by molar-refractivity contribution is 8.00. The fourth-order valence-electron chi connectivity index (χ4n) is 2.85. The quantitative estimate of drug-likeness (QED) is 0.815. The Hall–Kier alpha value is -1.89. The minimum Gasteiger partial charge on any atom is -0.345 e. The van der Waals surface area contributed by atoms with Crippen LogP contribution in [0.4, 0.5) is 0 Å². The van der Waals surface area contributed by atoms with Crippen LogP contribution in [0.2, 0.25) is 0 Å². The molecule has 2 atom stereocenters. The smallest absolute Gasteiger partial charge is 0.233 e. The zero-order valence-corrected chi connectivity index (χ0v) is 15.1. The molecule has 0 spiro atoms. The van der Waals surface area contributed by atoms with E-state index >= 15 is 0 Å². The SMILES string of the molecule is CC(C)[C@H](NC(=O)[C@H](C)Sc1ccccn1)c1nnc2n1CCC2. The van der Waals surface area contributed by atoms with Gasteiger partial charge in [-0.1, -0.05) is 31.7 Å². The van der Waals surface area contributed by atoms with Crippen LogP contribution in [0.1, 0.15) is 44.9 Å². The van der Waals surface area contributed by atoms with Crippen molar-refractivity contribution in [2.24, 2.45) is 5.92 Å². The van der Waals surface area contributed by atoms with Crippen molar-refractivity contribution in [3.63, 3.8) is 0 Å². The number of nitrogens with one attached hydrogen (secondary N) is 1. The molecule has 6 nitrogen and oxygen atoms in total. The highest BCUT2D eigenvalue weighted by atomic mass is 32.2. The second-order valence-electron chi connectivity index (χ2n) is 6.39. The molecule has 1 aliphatic rings. The van der Waals surface area contributed by atoms with Crippen molar-refractivity contribution >= 4 is 17.7 Å². The van der Waals surface area contributed by atoms with Crippen molar-refractivity contribution in [1.29, 1.82) is 0 Å². The van der Waals surface area contributed by atoms with Crippen LogP contribution >= 0.6 is 11.8 Å². The Morgan fingerprint density at radius 3 is 2.83 bits per heavy atom. The van der Waals surface area contributed by atoms with Gasteiger partial charge in [0.05, 0.1) is 16.3 Å². The lowest BCUT2D eigenvalue weighted by atomic mass is 10.0. The number of rotatable bonds is 6. The topological polar surface area (TPSA) is 72.7 Å². The van der Waals surface area contributed by atoms with Gasteiger partial charge in [-0.2, -0.15) is 0 Å². The second-order valence-corrected chi connectivity index (χ2v) is 7.75. The zero-order valence-electron chi connectivity index (χ0n) is 14.3. The van der Waals surface area contributed by atoms with Crippen molar-refractivity contribution < 1.29 is 4.79 Å². The lowest BCUT2D eigenvalue weighted by Crippen LogP contribution is -2.38. The van der Waals surface area contributed by atoms with Crippen molar-refractivity contribution in [2.75, 3.05) is 0 Å². The number of pyridine rings is 1. The summed E-state index contributed by atoms with van der Waals surface area (Å²) in [4.78, 5) is 16.9. The van der Waals surface area contributed by atoms with E-state index in [0.29, 0.717) is 0 Å². The molecular weight excluding hydrogens is 322 g/mol. The normalized spacial score (nSPS) is 16.0. The fraction of sp³-hybridized carbons (Fsp3) is 0.529. The van der Waals surface area contributed by atoms with Crippen LogP contribution in [-0.2, 0) is 17.8 Å². The molecule has 0 aromatic carbocycles. The molecular formula is C17H23N5OS. The van der Waals surface area contributed by atoms with Gasteiger partial charge in [0.1, 0.15) is 5.82 Å². The first-order valence-electron chi connectivity index (χ1n) is 8.36. The van der Waals surface area contributed by atoms with Gasteiger partial charge in [-0.25, -0.2) is 4.98 Å². The Bertz CT molecular complexity index is 700. The molecule has 3 rings (SSSR count). The Labute approximate surface area is 146 Å². The molecule has 3 heterocycles. The molecule has 1 amide bonds. The van der Waals surface area contributed by atoms with Crippen LogP contribution in [0.25, 0.3) is 0 Å². The van der Waals surface area contributed by atoms with Gasteiger partial charge in [0, 0.05) is 19.2 Å². The number of nitrogens with zero attached hydrogens (tertiary/aromatic N) is 4. The third-order valence-corrected chi connectivity index (χ3v) is 5.24. The number of hydrogen-bond acceptors (Lipinski definition) is 5. The van der Waals surface area contributed by atoms with E-state index in [0.717, 1.165) is 36.1 Å². The van der Waals surface area contributed by atoms with Gasteiger partial charge in [0.2, 0.25) is 5.91 Å². The first-order valence-corrected chi connectivity index (χ1v) is 9.24. The average molecular weight is 345 g/mol. The molecule has 0 saturated heterocycles. The monoisotopic (exact) mass is 345 g/mol.